The normalized spacial score (nSPS) is 15.0. The number of nitrogens with one attached hydrogen (secondary N) is 1. The maximum atomic E-state index is 13.2. The maximum Gasteiger partial charge on any atom is 0.252 e. The second-order valence-electron chi connectivity index (χ2n) is 5.19. The molecule has 0 unspecified atom stereocenters. The topological polar surface area (TPSA) is 55.4 Å². The Bertz CT molecular complexity index is 810. The first-order chi connectivity index (χ1) is 11.1. The number of fused-ring (bicyclic) bond motifs is 1. The summed E-state index contributed by atoms with van der Waals surface area (Å²) in [7, 11) is 1.55. The number of amides is 1. The summed E-state index contributed by atoms with van der Waals surface area (Å²) in [5.41, 5.74) is 2.05. The largest absolute Gasteiger partial charge is 0.497 e. The van der Waals surface area contributed by atoms with Crippen LogP contribution in [0.4, 0.5) is 10.1 Å². The Hall–Kier alpha value is -2.95. The third kappa shape index (κ3) is 3.13. The van der Waals surface area contributed by atoms with Crippen LogP contribution in [-0.4, -0.2) is 18.8 Å². The molecule has 0 aliphatic carbocycles. The van der Waals surface area contributed by atoms with Crippen LogP contribution >= 0.6 is 0 Å². The van der Waals surface area contributed by atoms with Gasteiger partial charge in [-0.1, -0.05) is 6.07 Å². The molecule has 0 bridgehead atoms. The molecule has 23 heavy (non-hydrogen) atoms. The van der Waals surface area contributed by atoms with E-state index >= 15 is 0 Å². The Labute approximate surface area is 132 Å². The van der Waals surface area contributed by atoms with Crippen LogP contribution in [0.5, 0.6) is 5.75 Å². The highest BCUT2D eigenvalue weighted by Crippen LogP contribution is 2.26. The lowest BCUT2D eigenvalue weighted by molar-refractivity contribution is -0.113. The Kier molecular flexibility index (Phi) is 3.93. The molecule has 0 saturated heterocycles. The van der Waals surface area contributed by atoms with Crippen LogP contribution in [0.15, 0.2) is 54.1 Å². The van der Waals surface area contributed by atoms with Crippen molar-refractivity contribution >= 4 is 17.4 Å². The predicted octanol–water partition coefficient (Wildman–Crippen LogP) is 3.14. The minimum Gasteiger partial charge on any atom is -0.497 e. The molecule has 1 heterocycles. The molecule has 0 atom stereocenters. The van der Waals surface area contributed by atoms with E-state index in [2.05, 4.69) is 5.32 Å². The van der Waals surface area contributed by atoms with Crippen molar-refractivity contribution < 1.29 is 18.7 Å². The van der Waals surface area contributed by atoms with Gasteiger partial charge in [0.05, 0.1) is 7.11 Å². The molecular formula is C18H14FNO3. The second-order valence-corrected chi connectivity index (χ2v) is 5.19. The third-order valence-electron chi connectivity index (χ3n) is 3.67. The molecule has 0 saturated carbocycles. The van der Waals surface area contributed by atoms with Gasteiger partial charge in [0.15, 0.2) is 5.78 Å². The Morgan fingerprint density at radius 1 is 1.22 bits per heavy atom. The molecule has 2 aromatic carbocycles. The molecule has 1 N–H and O–H groups in total. The minimum atomic E-state index is -0.411. The van der Waals surface area contributed by atoms with Crippen molar-refractivity contribution in [1.82, 2.24) is 0 Å². The highest BCUT2D eigenvalue weighted by molar-refractivity contribution is 6.14. The fourth-order valence-electron chi connectivity index (χ4n) is 2.42. The lowest BCUT2D eigenvalue weighted by atomic mass is 9.96. The lowest BCUT2D eigenvalue weighted by Gasteiger charge is -2.19. The lowest BCUT2D eigenvalue weighted by Crippen LogP contribution is -2.23. The van der Waals surface area contributed by atoms with E-state index in [1.165, 1.54) is 18.2 Å². The molecule has 0 fully saturated rings. The molecule has 3 rings (SSSR count). The molecule has 0 radical (unpaired) electrons. The van der Waals surface area contributed by atoms with Crippen LogP contribution in [0.2, 0.25) is 0 Å². The number of carbonyl (C=O) groups is 2. The first kappa shape index (κ1) is 15.0. The molecule has 4 nitrogen and oxygen atoms in total. The molecule has 1 aliphatic rings. The summed E-state index contributed by atoms with van der Waals surface area (Å²) < 4.78 is 18.2. The van der Waals surface area contributed by atoms with Crippen LogP contribution in [0.1, 0.15) is 15.9 Å². The first-order valence-corrected chi connectivity index (χ1v) is 7.05. The van der Waals surface area contributed by atoms with Gasteiger partial charge in [-0.25, -0.2) is 4.39 Å². The maximum absolute atomic E-state index is 13.2. The summed E-state index contributed by atoms with van der Waals surface area (Å²) in [6, 6.07) is 10.9. The number of ether oxygens (including phenoxy) is 1. The van der Waals surface area contributed by atoms with Crippen molar-refractivity contribution in [3.8, 4) is 5.75 Å². The number of allylic oxidation sites excluding steroid dienone is 1. The Morgan fingerprint density at radius 3 is 2.65 bits per heavy atom. The quantitative estimate of drug-likeness (QED) is 0.700. The zero-order valence-corrected chi connectivity index (χ0v) is 12.4. The van der Waals surface area contributed by atoms with Crippen LogP contribution in [0.25, 0.3) is 0 Å². The average Bonchev–Trinajstić information content (AvgIpc) is 2.55. The van der Waals surface area contributed by atoms with Crippen molar-refractivity contribution in [2.75, 3.05) is 12.4 Å². The monoisotopic (exact) mass is 311 g/mol. The van der Waals surface area contributed by atoms with Gasteiger partial charge in [0.2, 0.25) is 0 Å². The van der Waals surface area contributed by atoms with Crippen LogP contribution in [0.3, 0.4) is 0 Å². The minimum absolute atomic E-state index is 0.261. The van der Waals surface area contributed by atoms with Gasteiger partial charge < -0.3 is 10.1 Å². The van der Waals surface area contributed by atoms with Gasteiger partial charge >= 0.3 is 0 Å². The second kappa shape index (κ2) is 6.04. The van der Waals surface area contributed by atoms with Gasteiger partial charge in [0, 0.05) is 23.2 Å². The third-order valence-corrected chi connectivity index (χ3v) is 3.67. The predicted molar refractivity (Wildman–Crippen MR) is 84.1 cm³/mol. The molecular weight excluding hydrogens is 297 g/mol. The Morgan fingerprint density at radius 2 is 1.96 bits per heavy atom. The highest BCUT2D eigenvalue weighted by atomic mass is 19.1. The van der Waals surface area contributed by atoms with Gasteiger partial charge in [-0.15, -0.1) is 0 Å². The summed E-state index contributed by atoms with van der Waals surface area (Å²) in [5, 5.41) is 2.61. The van der Waals surface area contributed by atoms with Crippen molar-refractivity contribution in [2.24, 2.45) is 0 Å². The van der Waals surface area contributed by atoms with E-state index < -0.39 is 5.82 Å². The van der Waals surface area contributed by atoms with Gasteiger partial charge in [0.25, 0.3) is 5.91 Å². The van der Waals surface area contributed by atoms with E-state index in [9.17, 15) is 14.0 Å². The average molecular weight is 311 g/mol. The van der Waals surface area contributed by atoms with Crippen molar-refractivity contribution in [2.45, 2.75) is 6.42 Å². The number of hydrogen-bond acceptors (Lipinski definition) is 3. The van der Waals surface area contributed by atoms with Gasteiger partial charge in [0.1, 0.15) is 11.6 Å². The molecule has 1 amide bonds. The first-order valence-electron chi connectivity index (χ1n) is 7.05. The number of halogens is 1. The summed E-state index contributed by atoms with van der Waals surface area (Å²) in [6.45, 7) is 0. The Balaban J connectivity index is 1.85. The molecule has 0 spiro atoms. The summed E-state index contributed by atoms with van der Waals surface area (Å²) in [6.07, 6.45) is 1.62. The number of benzene rings is 2. The number of methoxy groups -OCH3 is 1. The number of rotatable bonds is 3. The van der Waals surface area contributed by atoms with Crippen molar-refractivity contribution in [3.05, 3.63) is 71.1 Å². The number of ketones is 1. The zero-order chi connectivity index (χ0) is 16.4. The fourth-order valence-corrected chi connectivity index (χ4v) is 2.42. The fraction of sp³-hybridized carbons (Fsp3) is 0.111. The van der Waals surface area contributed by atoms with E-state index in [1.54, 1.807) is 37.4 Å². The van der Waals surface area contributed by atoms with E-state index in [0.717, 1.165) is 5.56 Å². The van der Waals surface area contributed by atoms with Crippen LogP contribution < -0.4 is 10.1 Å². The van der Waals surface area contributed by atoms with E-state index in [1.807, 2.05) is 0 Å². The zero-order valence-electron chi connectivity index (χ0n) is 12.4. The molecule has 5 heteroatoms. The molecule has 1 aliphatic heterocycles. The number of carbonyl (C=O) groups excluding carboxylic acids is 2. The number of hydrogen-bond donors (Lipinski definition) is 1. The van der Waals surface area contributed by atoms with Gasteiger partial charge in [-0.3, -0.25) is 9.59 Å². The van der Waals surface area contributed by atoms with Crippen molar-refractivity contribution in [3.63, 3.8) is 0 Å². The summed E-state index contributed by atoms with van der Waals surface area (Å²) >= 11 is 0. The summed E-state index contributed by atoms with van der Waals surface area (Å²) in [5.74, 6) is -0.403. The standard InChI is InChI=1S/C18H14FNO3/c1-23-15-6-3-11(4-7-15)17(21)9-13-8-12-2-5-14(19)10-16(12)20-18(13)22/h2-7,9-10H,8H2,1H3,(H,20,22)/b13-9+. The van der Waals surface area contributed by atoms with Crippen LogP contribution in [-0.2, 0) is 11.2 Å². The molecule has 0 aromatic heterocycles. The van der Waals surface area contributed by atoms with E-state index in [-0.39, 0.29) is 11.7 Å². The highest BCUT2D eigenvalue weighted by Gasteiger charge is 2.21. The van der Waals surface area contributed by atoms with Crippen molar-refractivity contribution in [1.29, 1.82) is 0 Å². The SMILES string of the molecule is COc1ccc(C(=O)/C=C2\Cc3ccc(F)cc3NC2=O)cc1. The van der Waals surface area contributed by atoms with Gasteiger partial charge in [-0.2, -0.15) is 0 Å². The summed E-state index contributed by atoms with van der Waals surface area (Å²) in [4.78, 5) is 24.3. The molecule has 116 valence electrons. The molecule has 2 aromatic rings. The number of anilines is 1. The van der Waals surface area contributed by atoms with Crippen LogP contribution in [0, 0.1) is 5.82 Å². The van der Waals surface area contributed by atoms with Gasteiger partial charge in [-0.05, 0) is 48.0 Å². The smallest absolute Gasteiger partial charge is 0.252 e. The van der Waals surface area contributed by atoms with E-state index in [4.69, 9.17) is 4.74 Å². The van der Waals surface area contributed by atoms with E-state index in [0.29, 0.717) is 29.0 Å².